The maximum Gasteiger partial charge on any atom is 0.343 e. The molecule has 0 atom stereocenters. The first kappa shape index (κ1) is 19.1. The lowest BCUT2D eigenvalue weighted by atomic mass is 10.1. The van der Waals surface area contributed by atoms with Crippen molar-refractivity contribution >= 4 is 23.5 Å². The lowest BCUT2D eigenvalue weighted by molar-refractivity contribution is 0.0520. The van der Waals surface area contributed by atoms with Gasteiger partial charge < -0.3 is 9.47 Å². The van der Waals surface area contributed by atoms with E-state index in [4.69, 9.17) is 9.47 Å². The Labute approximate surface area is 150 Å². The van der Waals surface area contributed by atoms with E-state index in [1.165, 1.54) is 56.3 Å². The maximum absolute atomic E-state index is 12.4. The maximum atomic E-state index is 12.4. The van der Waals surface area contributed by atoms with Crippen LogP contribution in [-0.4, -0.2) is 30.1 Å². The van der Waals surface area contributed by atoms with E-state index in [0.717, 1.165) is 0 Å². The van der Waals surface area contributed by atoms with Crippen molar-refractivity contribution < 1.29 is 28.7 Å². The Hall–Kier alpha value is -3.28. The molecule has 6 nitrogen and oxygen atoms in total. The number of esters is 2. The van der Waals surface area contributed by atoms with Gasteiger partial charge in [-0.2, -0.15) is 0 Å². The van der Waals surface area contributed by atoms with Crippen LogP contribution in [0.4, 0.5) is 0 Å². The topological polar surface area (TPSA) is 86.7 Å². The van der Waals surface area contributed by atoms with Crippen molar-refractivity contribution in [2.45, 2.75) is 20.8 Å². The molecule has 0 unspecified atom stereocenters. The lowest BCUT2D eigenvalue weighted by Crippen LogP contribution is -2.14. The highest BCUT2D eigenvalue weighted by Crippen LogP contribution is 2.23. The van der Waals surface area contributed by atoms with E-state index >= 15 is 0 Å². The Bertz CT molecular complexity index is 864. The second-order valence-corrected chi connectivity index (χ2v) is 5.51. The molecule has 2 aromatic carbocycles. The van der Waals surface area contributed by atoms with Crippen molar-refractivity contribution in [2.24, 2.45) is 0 Å². The number of ketones is 2. The van der Waals surface area contributed by atoms with Gasteiger partial charge >= 0.3 is 11.9 Å². The van der Waals surface area contributed by atoms with Crippen LogP contribution in [0, 0.1) is 0 Å². The molecule has 0 aliphatic heterocycles. The van der Waals surface area contributed by atoms with Crippen LogP contribution in [0.25, 0.3) is 0 Å². The first-order chi connectivity index (χ1) is 12.3. The van der Waals surface area contributed by atoms with Gasteiger partial charge in [0.2, 0.25) is 0 Å². The van der Waals surface area contributed by atoms with Crippen LogP contribution in [0.15, 0.2) is 42.5 Å². The normalized spacial score (nSPS) is 10.1. The van der Waals surface area contributed by atoms with Crippen LogP contribution in [-0.2, 0) is 4.74 Å². The molecule has 0 bridgehead atoms. The SMILES string of the molecule is CCOC(=O)c1ccc(C(C)=O)cc1OC(=O)c1ccc(C(C)=O)cc1. The van der Waals surface area contributed by atoms with Gasteiger partial charge in [-0.3, -0.25) is 9.59 Å². The molecular weight excluding hydrogens is 336 g/mol. The van der Waals surface area contributed by atoms with E-state index in [-0.39, 0.29) is 35.0 Å². The average molecular weight is 354 g/mol. The molecule has 0 aliphatic rings. The summed E-state index contributed by atoms with van der Waals surface area (Å²) < 4.78 is 10.3. The van der Waals surface area contributed by atoms with Gasteiger partial charge in [0.25, 0.3) is 0 Å². The molecule has 0 spiro atoms. The summed E-state index contributed by atoms with van der Waals surface area (Å²) >= 11 is 0. The Morgan fingerprint density at radius 3 is 1.85 bits per heavy atom. The molecule has 0 radical (unpaired) electrons. The van der Waals surface area contributed by atoms with Crippen molar-refractivity contribution in [1.29, 1.82) is 0 Å². The minimum absolute atomic E-state index is 0.0468. The van der Waals surface area contributed by atoms with Crippen molar-refractivity contribution in [3.63, 3.8) is 0 Å². The average Bonchev–Trinajstić information content (AvgIpc) is 2.61. The molecule has 2 rings (SSSR count). The van der Waals surface area contributed by atoms with E-state index in [9.17, 15) is 19.2 Å². The zero-order chi connectivity index (χ0) is 19.3. The van der Waals surface area contributed by atoms with Crippen LogP contribution in [0.5, 0.6) is 5.75 Å². The number of hydrogen-bond acceptors (Lipinski definition) is 6. The predicted octanol–water partition coefficient (Wildman–Crippen LogP) is 3.49. The highest BCUT2D eigenvalue weighted by Gasteiger charge is 2.19. The zero-order valence-electron chi connectivity index (χ0n) is 14.7. The molecule has 0 N–H and O–H groups in total. The monoisotopic (exact) mass is 354 g/mol. The molecule has 0 saturated heterocycles. The molecule has 0 fully saturated rings. The van der Waals surface area contributed by atoms with Crippen molar-refractivity contribution in [2.75, 3.05) is 6.61 Å². The van der Waals surface area contributed by atoms with E-state index in [1.54, 1.807) is 6.92 Å². The Morgan fingerprint density at radius 2 is 1.31 bits per heavy atom. The molecule has 26 heavy (non-hydrogen) atoms. The van der Waals surface area contributed by atoms with Gasteiger partial charge in [-0.05, 0) is 45.0 Å². The van der Waals surface area contributed by atoms with Crippen LogP contribution in [0.1, 0.15) is 62.2 Å². The Morgan fingerprint density at radius 1 is 0.769 bits per heavy atom. The van der Waals surface area contributed by atoms with E-state index < -0.39 is 11.9 Å². The molecule has 6 heteroatoms. The fourth-order valence-corrected chi connectivity index (χ4v) is 2.20. The lowest BCUT2D eigenvalue weighted by Gasteiger charge is -2.11. The van der Waals surface area contributed by atoms with Crippen molar-refractivity contribution in [3.8, 4) is 5.75 Å². The zero-order valence-corrected chi connectivity index (χ0v) is 14.7. The summed E-state index contributed by atoms with van der Waals surface area (Å²) in [6.45, 7) is 4.61. The standard InChI is InChI=1S/C20H18O6/c1-4-25-20(24)17-10-9-16(13(3)22)11-18(17)26-19(23)15-7-5-14(6-8-15)12(2)21/h5-11H,4H2,1-3H3. The third kappa shape index (κ3) is 4.42. The molecule has 0 saturated carbocycles. The van der Waals surface area contributed by atoms with Gasteiger partial charge in [-0.15, -0.1) is 0 Å². The number of benzene rings is 2. The Kier molecular flexibility index (Phi) is 6.01. The minimum Gasteiger partial charge on any atom is -0.462 e. The number of carbonyl (C=O) groups is 4. The van der Waals surface area contributed by atoms with E-state index in [0.29, 0.717) is 11.1 Å². The molecule has 2 aromatic rings. The second kappa shape index (κ2) is 8.20. The Balaban J connectivity index is 2.34. The minimum atomic E-state index is -0.716. The van der Waals surface area contributed by atoms with Crippen molar-refractivity contribution in [1.82, 2.24) is 0 Å². The first-order valence-corrected chi connectivity index (χ1v) is 7.98. The molecule has 0 amide bonds. The second-order valence-electron chi connectivity index (χ2n) is 5.51. The fourth-order valence-electron chi connectivity index (χ4n) is 2.20. The van der Waals surface area contributed by atoms with Gasteiger partial charge in [0, 0.05) is 11.1 Å². The quantitative estimate of drug-likeness (QED) is 0.448. The highest BCUT2D eigenvalue weighted by molar-refractivity contribution is 6.00. The van der Waals surface area contributed by atoms with E-state index in [2.05, 4.69) is 0 Å². The summed E-state index contributed by atoms with van der Waals surface area (Å²) in [5, 5.41) is 0. The van der Waals surface area contributed by atoms with Gasteiger partial charge in [0.1, 0.15) is 11.3 Å². The number of hydrogen-bond donors (Lipinski definition) is 0. The van der Waals surface area contributed by atoms with Gasteiger partial charge in [-0.25, -0.2) is 9.59 Å². The van der Waals surface area contributed by atoms with Crippen LogP contribution in [0.2, 0.25) is 0 Å². The number of rotatable bonds is 6. The van der Waals surface area contributed by atoms with Crippen molar-refractivity contribution in [3.05, 3.63) is 64.7 Å². The van der Waals surface area contributed by atoms with Crippen LogP contribution < -0.4 is 4.74 Å². The largest absolute Gasteiger partial charge is 0.462 e. The summed E-state index contributed by atoms with van der Waals surface area (Å²) in [6.07, 6.45) is 0. The van der Waals surface area contributed by atoms with Gasteiger partial charge in [0.05, 0.1) is 12.2 Å². The number of ether oxygens (including phenoxy) is 2. The van der Waals surface area contributed by atoms with Crippen LogP contribution in [0.3, 0.4) is 0 Å². The molecular formula is C20H18O6. The number of Topliss-reactive ketones (excluding diaryl/α,β-unsaturated/α-hetero) is 2. The molecule has 0 heterocycles. The molecule has 0 aromatic heterocycles. The third-order valence-electron chi connectivity index (χ3n) is 3.61. The first-order valence-electron chi connectivity index (χ1n) is 7.98. The summed E-state index contributed by atoms with van der Waals surface area (Å²) in [5.74, 6) is -1.78. The predicted molar refractivity (Wildman–Crippen MR) is 93.8 cm³/mol. The highest BCUT2D eigenvalue weighted by atomic mass is 16.5. The summed E-state index contributed by atoms with van der Waals surface area (Å²) in [5.41, 5.74) is 1.02. The van der Waals surface area contributed by atoms with Gasteiger partial charge in [0.15, 0.2) is 11.6 Å². The summed E-state index contributed by atoms with van der Waals surface area (Å²) in [4.78, 5) is 47.3. The number of carbonyl (C=O) groups excluding carboxylic acids is 4. The van der Waals surface area contributed by atoms with Crippen LogP contribution >= 0.6 is 0 Å². The third-order valence-corrected chi connectivity index (χ3v) is 3.61. The van der Waals surface area contributed by atoms with E-state index in [1.807, 2.05) is 0 Å². The summed E-state index contributed by atoms with van der Waals surface area (Å²) in [6, 6.07) is 10.1. The molecule has 0 aliphatic carbocycles. The van der Waals surface area contributed by atoms with Gasteiger partial charge in [-0.1, -0.05) is 18.2 Å². The molecule has 134 valence electrons. The fraction of sp³-hybridized carbons (Fsp3) is 0.200. The summed E-state index contributed by atoms with van der Waals surface area (Å²) in [7, 11) is 0. The smallest absolute Gasteiger partial charge is 0.343 e.